The van der Waals surface area contributed by atoms with Gasteiger partial charge in [-0.1, -0.05) is 18.2 Å². The first-order valence-corrected chi connectivity index (χ1v) is 11.0. The highest BCUT2D eigenvalue weighted by Crippen LogP contribution is 2.22. The van der Waals surface area contributed by atoms with E-state index in [1.54, 1.807) is 0 Å². The standard InChI is InChI=1S/C22H28N2O3S/c25-22(21-4-2-14-28-21)24-9-1-3-19(16-24)17-27-20-7-5-18(6-8-20)15-23-10-12-26-13-11-23/h2,4-8,14,19H,1,3,9-13,15-17H2/t19-/m1/s1. The summed E-state index contributed by atoms with van der Waals surface area (Å²) < 4.78 is 11.4. The molecule has 5 nitrogen and oxygen atoms in total. The van der Waals surface area contributed by atoms with E-state index in [9.17, 15) is 4.79 Å². The predicted octanol–water partition coefficient (Wildman–Crippen LogP) is 3.51. The average molecular weight is 401 g/mol. The van der Waals surface area contributed by atoms with E-state index in [1.165, 1.54) is 16.9 Å². The Morgan fingerprint density at radius 3 is 2.71 bits per heavy atom. The van der Waals surface area contributed by atoms with Crippen LogP contribution in [0.3, 0.4) is 0 Å². The summed E-state index contributed by atoms with van der Waals surface area (Å²) >= 11 is 1.52. The highest BCUT2D eigenvalue weighted by Gasteiger charge is 2.25. The van der Waals surface area contributed by atoms with Crippen molar-refractivity contribution in [1.29, 1.82) is 0 Å². The van der Waals surface area contributed by atoms with Gasteiger partial charge in [0.25, 0.3) is 5.91 Å². The summed E-state index contributed by atoms with van der Waals surface area (Å²) in [7, 11) is 0. The summed E-state index contributed by atoms with van der Waals surface area (Å²) in [6.07, 6.45) is 2.16. The van der Waals surface area contributed by atoms with E-state index in [-0.39, 0.29) is 5.91 Å². The fourth-order valence-corrected chi connectivity index (χ4v) is 4.56. The zero-order valence-electron chi connectivity index (χ0n) is 16.2. The molecule has 2 aliphatic rings. The van der Waals surface area contributed by atoms with Crippen LogP contribution in [0.5, 0.6) is 5.75 Å². The van der Waals surface area contributed by atoms with Crippen LogP contribution in [0.4, 0.5) is 0 Å². The molecule has 1 aromatic heterocycles. The molecule has 0 aliphatic carbocycles. The van der Waals surface area contributed by atoms with Crippen molar-refractivity contribution in [3.63, 3.8) is 0 Å². The van der Waals surface area contributed by atoms with Crippen molar-refractivity contribution in [2.75, 3.05) is 46.0 Å². The molecule has 0 spiro atoms. The van der Waals surface area contributed by atoms with Gasteiger partial charge in [-0.3, -0.25) is 9.69 Å². The molecule has 0 saturated carbocycles. The Kier molecular flexibility index (Phi) is 6.62. The number of piperidine rings is 1. The number of thiophene rings is 1. The van der Waals surface area contributed by atoms with Gasteiger partial charge in [0.15, 0.2) is 0 Å². The number of amides is 1. The minimum Gasteiger partial charge on any atom is -0.493 e. The number of benzene rings is 1. The number of carbonyl (C=O) groups excluding carboxylic acids is 1. The molecular formula is C22H28N2O3S. The highest BCUT2D eigenvalue weighted by atomic mass is 32.1. The van der Waals surface area contributed by atoms with Crippen LogP contribution in [-0.2, 0) is 11.3 Å². The molecule has 3 heterocycles. The van der Waals surface area contributed by atoms with Gasteiger partial charge in [0.1, 0.15) is 5.75 Å². The molecule has 150 valence electrons. The molecule has 6 heteroatoms. The third-order valence-corrected chi connectivity index (χ3v) is 6.31. The van der Waals surface area contributed by atoms with Gasteiger partial charge in [0.2, 0.25) is 0 Å². The monoisotopic (exact) mass is 400 g/mol. The van der Waals surface area contributed by atoms with Crippen molar-refractivity contribution in [2.24, 2.45) is 5.92 Å². The molecule has 2 aliphatic heterocycles. The fraction of sp³-hybridized carbons (Fsp3) is 0.500. The first-order valence-electron chi connectivity index (χ1n) is 10.1. The summed E-state index contributed by atoms with van der Waals surface area (Å²) in [5, 5.41) is 1.96. The van der Waals surface area contributed by atoms with Gasteiger partial charge in [0, 0.05) is 38.6 Å². The van der Waals surface area contributed by atoms with Crippen molar-refractivity contribution >= 4 is 17.2 Å². The number of likely N-dealkylation sites (tertiary alicyclic amines) is 1. The van der Waals surface area contributed by atoms with E-state index in [1.807, 2.05) is 22.4 Å². The summed E-state index contributed by atoms with van der Waals surface area (Å²) in [5.74, 6) is 1.46. The van der Waals surface area contributed by atoms with E-state index in [2.05, 4.69) is 29.2 Å². The smallest absolute Gasteiger partial charge is 0.263 e. The lowest BCUT2D eigenvalue weighted by Crippen LogP contribution is -2.41. The topological polar surface area (TPSA) is 42.0 Å². The van der Waals surface area contributed by atoms with Crippen LogP contribution in [0.1, 0.15) is 28.1 Å². The molecule has 0 radical (unpaired) electrons. The maximum atomic E-state index is 12.6. The highest BCUT2D eigenvalue weighted by molar-refractivity contribution is 7.12. The quantitative estimate of drug-likeness (QED) is 0.744. The summed E-state index contributed by atoms with van der Waals surface area (Å²) in [6, 6.07) is 12.3. The number of ether oxygens (including phenoxy) is 2. The Labute approximate surface area is 170 Å². The summed E-state index contributed by atoms with van der Waals surface area (Å²) in [5.41, 5.74) is 1.31. The van der Waals surface area contributed by atoms with E-state index in [0.29, 0.717) is 12.5 Å². The molecule has 1 aromatic carbocycles. The van der Waals surface area contributed by atoms with E-state index in [0.717, 1.165) is 69.4 Å². The lowest BCUT2D eigenvalue weighted by atomic mass is 9.99. The first-order chi connectivity index (χ1) is 13.8. The van der Waals surface area contributed by atoms with Gasteiger partial charge in [-0.15, -0.1) is 11.3 Å². The normalized spacial score (nSPS) is 20.9. The van der Waals surface area contributed by atoms with E-state index >= 15 is 0 Å². The maximum Gasteiger partial charge on any atom is 0.263 e. The SMILES string of the molecule is O=C(c1cccs1)N1CCC[C@@H](COc2ccc(CN3CCOCC3)cc2)C1. The summed E-state index contributed by atoms with van der Waals surface area (Å²) in [6.45, 7) is 6.92. The molecule has 1 amide bonds. The second kappa shape index (κ2) is 9.54. The molecular weight excluding hydrogens is 372 g/mol. The molecule has 28 heavy (non-hydrogen) atoms. The number of carbonyl (C=O) groups is 1. The zero-order valence-corrected chi connectivity index (χ0v) is 17.0. The Morgan fingerprint density at radius 1 is 1.14 bits per heavy atom. The maximum absolute atomic E-state index is 12.6. The molecule has 0 unspecified atom stereocenters. The van der Waals surface area contributed by atoms with Gasteiger partial charge >= 0.3 is 0 Å². The number of nitrogens with zero attached hydrogens (tertiary/aromatic N) is 2. The molecule has 1 atom stereocenters. The second-order valence-electron chi connectivity index (χ2n) is 7.58. The fourth-order valence-electron chi connectivity index (χ4n) is 3.86. The molecule has 4 rings (SSSR count). The van der Waals surface area contributed by atoms with Crippen molar-refractivity contribution in [2.45, 2.75) is 19.4 Å². The minimum absolute atomic E-state index is 0.159. The Morgan fingerprint density at radius 2 is 1.96 bits per heavy atom. The third-order valence-electron chi connectivity index (χ3n) is 5.46. The van der Waals surface area contributed by atoms with Gasteiger partial charge in [-0.05, 0) is 42.0 Å². The minimum atomic E-state index is 0.159. The van der Waals surface area contributed by atoms with Crippen molar-refractivity contribution < 1.29 is 14.3 Å². The lowest BCUT2D eigenvalue weighted by molar-refractivity contribution is 0.0342. The van der Waals surface area contributed by atoms with Gasteiger partial charge in [-0.25, -0.2) is 0 Å². The van der Waals surface area contributed by atoms with Gasteiger partial charge in [0.05, 0.1) is 24.7 Å². The van der Waals surface area contributed by atoms with Crippen LogP contribution in [0, 0.1) is 5.92 Å². The van der Waals surface area contributed by atoms with Crippen molar-refractivity contribution in [1.82, 2.24) is 9.80 Å². The molecule has 0 N–H and O–H groups in total. The van der Waals surface area contributed by atoms with Crippen LogP contribution < -0.4 is 4.74 Å². The first kappa shape index (κ1) is 19.4. The van der Waals surface area contributed by atoms with Crippen molar-refractivity contribution in [3.05, 3.63) is 52.2 Å². The number of morpholine rings is 1. The Hall–Kier alpha value is -1.89. The van der Waals surface area contributed by atoms with Crippen LogP contribution >= 0.6 is 11.3 Å². The Balaban J connectivity index is 1.25. The lowest BCUT2D eigenvalue weighted by Gasteiger charge is -2.32. The van der Waals surface area contributed by atoms with Crippen molar-refractivity contribution in [3.8, 4) is 5.75 Å². The second-order valence-corrected chi connectivity index (χ2v) is 8.53. The largest absolute Gasteiger partial charge is 0.493 e. The van der Waals surface area contributed by atoms with Gasteiger partial charge in [-0.2, -0.15) is 0 Å². The zero-order chi connectivity index (χ0) is 19.2. The molecule has 2 saturated heterocycles. The van der Waals surface area contributed by atoms with Crippen LogP contribution in [-0.4, -0.2) is 61.7 Å². The molecule has 2 fully saturated rings. The summed E-state index contributed by atoms with van der Waals surface area (Å²) in [4.78, 5) is 17.8. The van der Waals surface area contributed by atoms with Crippen LogP contribution in [0.2, 0.25) is 0 Å². The van der Waals surface area contributed by atoms with Crippen LogP contribution in [0.15, 0.2) is 41.8 Å². The predicted molar refractivity (Wildman–Crippen MR) is 111 cm³/mol. The average Bonchev–Trinajstić information content (AvgIpc) is 3.29. The van der Waals surface area contributed by atoms with Gasteiger partial charge < -0.3 is 14.4 Å². The molecule has 2 aromatic rings. The van der Waals surface area contributed by atoms with Crippen LogP contribution in [0.25, 0.3) is 0 Å². The number of hydrogen-bond donors (Lipinski definition) is 0. The van der Waals surface area contributed by atoms with E-state index in [4.69, 9.17) is 9.47 Å². The number of rotatable bonds is 6. The van der Waals surface area contributed by atoms with E-state index < -0.39 is 0 Å². The third kappa shape index (κ3) is 5.13. The Bertz CT molecular complexity index is 742. The number of hydrogen-bond acceptors (Lipinski definition) is 5. The molecule has 0 bridgehead atoms.